The normalized spacial score (nSPS) is 19.1. The van der Waals surface area contributed by atoms with E-state index in [1.165, 1.54) is 36.0 Å². The van der Waals surface area contributed by atoms with Crippen molar-refractivity contribution in [2.45, 2.75) is 45.2 Å². The number of nitrogens with zero attached hydrogens (tertiary/aromatic N) is 6. The SMILES string of the molecule is CC1Cc2ccc(-c3cnn(C)c3)cc2CN1c1cc(N2CCCCC2)nc(N)n1. The van der Waals surface area contributed by atoms with Gasteiger partial charge in [0.05, 0.1) is 6.20 Å². The Morgan fingerprint density at radius 1 is 0.967 bits per heavy atom. The van der Waals surface area contributed by atoms with Gasteiger partial charge in [-0.15, -0.1) is 0 Å². The summed E-state index contributed by atoms with van der Waals surface area (Å²) < 4.78 is 1.84. The fourth-order valence-electron chi connectivity index (χ4n) is 4.67. The number of hydrogen-bond donors (Lipinski definition) is 1. The molecule has 2 aliphatic rings. The van der Waals surface area contributed by atoms with Crippen LogP contribution in [-0.2, 0) is 20.0 Å². The van der Waals surface area contributed by atoms with Crippen molar-refractivity contribution in [1.82, 2.24) is 19.7 Å². The maximum Gasteiger partial charge on any atom is 0.223 e. The molecule has 1 fully saturated rings. The maximum absolute atomic E-state index is 6.13. The topological polar surface area (TPSA) is 76.1 Å². The van der Waals surface area contributed by atoms with Crippen LogP contribution < -0.4 is 15.5 Å². The van der Waals surface area contributed by atoms with Crippen molar-refractivity contribution in [3.63, 3.8) is 0 Å². The molecule has 1 atom stereocenters. The first kappa shape index (κ1) is 18.9. The average molecular weight is 404 g/mol. The van der Waals surface area contributed by atoms with E-state index in [0.717, 1.165) is 43.3 Å². The first-order chi connectivity index (χ1) is 14.6. The number of hydrogen-bond acceptors (Lipinski definition) is 6. The van der Waals surface area contributed by atoms with Gasteiger partial charge >= 0.3 is 0 Å². The van der Waals surface area contributed by atoms with Crippen LogP contribution in [0.2, 0.25) is 0 Å². The van der Waals surface area contributed by atoms with Crippen molar-refractivity contribution in [3.8, 4) is 11.1 Å². The molecule has 4 heterocycles. The third-order valence-corrected chi connectivity index (χ3v) is 6.32. The van der Waals surface area contributed by atoms with Crippen LogP contribution in [0.15, 0.2) is 36.7 Å². The Kier molecular flexibility index (Phi) is 4.81. The highest BCUT2D eigenvalue weighted by atomic mass is 15.3. The van der Waals surface area contributed by atoms with Crippen LogP contribution in [-0.4, -0.2) is 38.9 Å². The quantitative estimate of drug-likeness (QED) is 0.722. The fraction of sp³-hybridized carbons (Fsp3) is 0.435. The van der Waals surface area contributed by atoms with E-state index in [2.05, 4.69) is 62.3 Å². The highest BCUT2D eigenvalue weighted by molar-refractivity contribution is 5.65. The Bertz CT molecular complexity index is 1050. The van der Waals surface area contributed by atoms with Crippen molar-refractivity contribution in [2.75, 3.05) is 28.6 Å². The van der Waals surface area contributed by atoms with Gasteiger partial charge < -0.3 is 15.5 Å². The molecule has 3 aromatic rings. The highest BCUT2D eigenvalue weighted by Gasteiger charge is 2.26. The predicted molar refractivity (Wildman–Crippen MR) is 121 cm³/mol. The van der Waals surface area contributed by atoms with E-state index in [4.69, 9.17) is 5.73 Å². The van der Waals surface area contributed by atoms with Gasteiger partial charge in [0.15, 0.2) is 0 Å². The number of nitrogen functional groups attached to an aromatic ring is 1. The van der Waals surface area contributed by atoms with E-state index in [-0.39, 0.29) is 0 Å². The summed E-state index contributed by atoms with van der Waals surface area (Å²) in [4.78, 5) is 13.8. The number of anilines is 3. The number of piperidine rings is 1. The van der Waals surface area contributed by atoms with E-state index < -0.39 is 0 Å². The van der Waals surface area contributed by atoms with Gasteiger partial charge in [-0.25, -0.2) is 0 Å². The van der Waals surface area contributed by atoms with Crippen LogP contribution in [0.5, 0.6) is 0 Å². The lowest BCUT2D eigenvalue weighted by Crippen LogP contribution is -2.39. The lowest BCUT2D eigenvalue weighted by Gasteiger charge is -2.37. The minimum atomic E-state index is 0.352. The van der Waals surface area contributed by atoms with Gasteiger partial charge in [-0.05, 0) is 55.4 Å². The second-order valence-corrected chi connectivity index (χ2v) is 8.56. The number of aromatic nitrogens is 4. The first-order valence-corrected chi connectivity index (χ1v) is 10.8. The molecule has 156 valence electrons. The maximum atomic E-state index is 6.13. The third-order valence-electron chi connectivity index (χ3n) is 6.32. The molecule has 5 rings (SSSR count). The summed E-state index contributed by atoms with van der Waals surface area (Å²) in [6.45, 7) is 5.17. The van der Waals surface area contributed by atoms with Gasteiger partial charge in [0.2, 0.25) is 5.95 Å². The Morgan fingerprint density at radius 3 is 2.53 bits per heavy atom. The molecule has 1 unspecified atom stereocenters. The standard InChI is InChI=1S/C23H29N7/c1-16-10-17-6-7-18(20-13-25-28(2)14-20)11-19(17)15-30(16)22-12-21(26-23(24)27-22)29-8-4-3-5-9-29/h6-7,11-14,16H,3-5,8-10,15H2,1-2H3,(H2,24,26,27). The van der Waals surface area contributed by atoms with Crippen LogP contribution in [0.1, 0.15) is 37.3 Å². The van der Waals surface area contributed by atoms with Gasteiger partial charge in [0.1, 0.15) is 11.6 Å². The zero-order valence-electron chi connectivity index (χ0n) is 17.8. The number of rotatable bonds is 3. The summed E-state index contributed by atoms with van der Waals surface area (Å²) in [6, 6.07) is 9.23. The largest absolute Gasteiger partial charge is 0.368 e. The molecular weight excluding hydrogens is 374 g/mol. The van der Waals surface area contributed by atoms with Gasteiger partial charge in [-0.3, -0.25) is 4.68 Å². The monoisotopic (exact) mass is 403 g/mol. The summed E-state index contributed by atoms with van der Waals surface area (Å²) in [5, 5.41) is 4.31. The lowest BCUT2D eigenvalue weighted by molar-refractivity contribution is 0.570. The van der Waals surface area contributed by atoms with Crippen molar-refractivity contribution in [2.24, 2.45) is 7.05 Å². The molecule has 0 bridgehead atoms. The summed E-state index contributed by atoms with van der Waals surface area (Å²) >= 11 is 0. The van der Waals surface area contributed by atoms with Crippen molar-refractivity contribution in [1.29, 1.82) is 0 Å². The molecule has 2 aliphatic heterocycles. The van der Waals surface area contributed by atoms with E-state index in [1.807, 2.05) is 17.9 Å². The molecule has 0 aliphatic carbocycles. The molecule has 30 heavy (non-hydrogen) atoms. The molecule has 2 aromatic heterocycles. The van der Waals surface area contributed by atoms with Crippen LogP contribution >= 0.6 is 0 Å². The summed E-state index contributed by atoms with van der Waals surface area (Å²) in [7, 11) is 1.95. The van der Waals surface area contributed by atoms with Crippen molar-refractivity contribution < 1.29 is 0 Å². The Hall–Kier alpha value is -3.09. The smallest absolute Gasteiger partial charge is 0.223 e. The summed E-state index contributed by atoms with van der Waals surface area (Å²) in [6.07, 6.45) is 8.68. The van der Waals surface area contributed by atoms with Gasteiger partial charge in [0.25, 0.3) is 0 Å². The third kappa shape index (κ3) is 3.60. The Labute approximate surface area is 177 Å². The number of benzene rings is 1. The zero-order chi connectivity index (χ0) is 20.7. The van der Waals surface area contributed by atoms with Crippen LogP contribution in [0.25, 0.3) is 11.1 Å². The molecule has 7 heteroatoms. The van der Waals surface area contributed by atoms with Crippen LogP contribution in [0.4, 0.5) is 17.6 Å². The van der Waals surface area contributed by atoms with E-state index in [1.54, 1.807) is 0 Å². The molecule has 2 N–H and O–H groups in total. The van der Waals surface area contributed by atoms with Crippen molar-refractivity contribution in [3.05, 3.63) is 47.8 Å². The minimum absolute atomic E-state index is 0.352. The second-order valence-electron chi connectivity index (χ2n) is 8.56. The van der Waals surface area contributed by atoms with Gasteiger partial charge in [0, 0.05) is 50.6 Å². The van der Waals surface area contributed by atoms with Crippen LogP contribution in [0, 0.1) is 0 Å². The number of nitrogens with two attached hydrogens (primary N) is 1. The second kappa shape index (κ2) is 7.63. The van der Waals surface area contributed by atoms with Gasteiger partial charge in [-0.1, -0.05) is 12.1 Å². The summed E-state index contributed by atoms with van der Waals surface area (Å²) in [5.74, 6) is 2.24. The summed E-state index contributed by atoms with van der Waals surface area (Å²) in [5.41, 5.74) is 11.2. The average Bonchev–Trinajstić information content (AvgIpc) is 3.19. The zero-order valence-corrected chi connectivity index (χ0v) is 17.8. The van der Waals surface area contributed by atoms with E-state index in [0.29, 0.717) is 12.0 Å². The highest BCUT2D eigenvalue weighted by Crippen LogP contribution is 2.32. The number of fused-ring (bicyclic) bond motifs is 1. The molecular formula is C23H29N7. The molecule has 1 saturated heterocycles. The predicted octanol–water partition coefficient (Wildman–Crippen LogP) is 3.40. The molecule has 1 aromatic carbocycles. The Balaban J connectivity index is 1.46. The molecule has 0 saturated carbocycles. The van der Waals surface area contributed by atoms with E-state index in [9.17, 15) is 0 Å². The van der Waals surface area contributed by atoms with Gasteiger partial charge in [-0.2, -0.15) is 15.1 Å². The first-order valence-electron chi connectivity index (χ1n) is 10.8. The molecule has 0 radical (unpaired) electrons. The fourth-order valence-corrected chi connectivity index (χ4v) is 4.67. The van der Waals surface area contributed by atoms with E-state index >= 15 is 0 Å². The molecule has 7 nitrogen and oxygen atoms in total. The molecule has 0 amide bonds. The minimum Gasteiger partial charge on any atom is -0.368 e. The lowest BCUT2D eigenvalue weighted by atomic mass is 9.92. The van der Waals surface area contributed by atoms with Crippen LogP contribution in [0.3, 0.4) is 0 Å². The number of aryl methyl sites for hydroxylation is 1. The molecule has 0 spiro atoms. The Morgan fingerprint density at radius 2 is 1.77 bits per heavy atom. The van der Waals surface area contributed by atoms with Crippen molar-refractivity contribution >= 4 is 17.6 Å².